The summed E-state index contributed by atoms with van der Waals surface area (Å²) in [5, 5.41) is 16.3. The molecule has 4 atom stereocenters. The van der Waals surface area contributed by atoms with Gasteiger partial charge in [0.2, 0.25) is 0 Å². The minimum atomic E-state index is -0.150. The smallest absolute Gasteiger partial charge is 0.196 e. The first-order valence-corrected chi connectivity index (χ1v) is 16.1. The number of fused-ring (bicyclic) bond motifs is 1. The van der Waals surface area contributed by atoms with Gasteiger partial charge in [-0.2, -0.15) is 0 Å². The molecule has 0 saturated carbocycles. The van der Waals surface area contributed by atoms with Crippen LogP contribution in [0.25, 0.3) is 0 Å². The molecule has 0 bridgehead atoms. The van der Waals surface area contributed by atoms with Crippen LogP contribution in [0.4, 0.5) is 5.69 Å². The number of hydroxylamine groups is 1. The number of likely N-dealkylation sites (tertiary alicyclic amines) is 1. The number of benzene rings is 1. The van der Waals surface area contributed by atoms with E-state index in [1.165, 1.54) is 0 Å². The highest BCUT2D eigenvalue weighted by atomic mass is 16.7. The number of methoxy groups -OCH3 is 1. The number of nitrogens with one attached hydrogen (secondary N) is 3. The van der Waals surface area contributed by atoms with E-state index in [0.29, 0.717) is 38.1 Å². The van der Waals surface area contributed by atoms with Gasteiger partial charge in [0.15, 0.2) is 5.90 Å². The summed E-state index contributed by atoms with van der Waals surface area (Å²) in [6.07, 6.45) is 8.67. The highest BCUT2D eigenvalue weighted by molar-refractivity contribution is 5.83. The largest absolute Gasteiger partial charge is 0.495 e. The van der Waals surface area contributed by atoms with Crippen LogP contribution in [0.1, 0.15) is 52.9 Å². The molecular formula is C34H51N5O5. The summed E-state index contributed by atoms with van der Waals surface area (Å²) in [7, 11) is 1.73. The van der Waals surface area contributed by atoms with Crippen molar-refractivity contribution in [2.24, 2.45) is 22.2 Å². The van der Waals surface area contributed by atoms with E-state index in [1.807, 2.05) is 24.3 Å². The number of aliphatic hydroxyl groups excluding tert-OH is 1. The van der Waals surface area contributed by atoms with Crippen molar-refractivity contribution in [2.45, 2.75) is 71.1 Å². The lowest BCUT2D eigenvalue weighted by atomic mass is 9.85. The van der Waals surface area contributed by atoms with Crippen molar-refractivity contribution >= 4 is 11.6 Å². The summed E-state index contributed by atoms with van der Waals surface area (Å²) < 4.78 is 18.5. The molecule has 242 valence electrons. The Kier molecular flexibility index (Phi) is 11.0. The first-order valence-electron chi connectivity index (χ1n) is 16.1. The lowest BCUT2D eigenvalue weighted by molar-refractivity contribution is 0.0359. The number of piperidine rings is 1. The van der Waals surface area contributed by atoms with Gasteiger partial charge in [-0.3, -0.25) is 5.32 Å². The minimum Gasteiger partial charge on any atom is -0.495 e. The van der Waals surface area contributed by atoms with Gasteiger partial charge in [-0.05, 0) is 69.0 Å². The Hall–Kier alpha value is -2.89. The number of aliphatic imine (C=N–C) groups is 1. The van der Waals surface area contributed by atoms with E-state index in [1.54, 1.807) is 7.11 Å². The number of nitrogens with zero attached hydrogens (tertiary/aromatic N) is 2. The van der Waals surface area contributed by atoms with Crippen molar-refractivity contribution in [2.75, 3.05) is 51.9 Å². The van der Waals surface area contributed by atoms with E-state index in [9.17, 15) is 5.11 Å². The Morgan fingerprint density at radius 1 is 1.23 bits per heavy atom. The number of anilines is 1. The zero-order valence-corrected chi connectivity index (χ0v) is 26.8. The molecule has 3 heterocycles. The van der Waals surface area contributed by atoms with Gasteiger partial charge in [-0.15, -0.1) is 5.48 Å². The fourth-order valence-electron chi connectivity index (χ4n) is 6.20. The van der Waals surface area contributed by atoms with E-state index < -0.39 is 0 Å². The van der Waals surface area contributed by atoms with Crippen LogP contribution in [-0.4, -0.2) is 80.7 Å². The summed E-state index contributed by atoms with van der Waals surface area (Å²) >= 11 is 0. The molecule has 2 unspecified atom stereocenters. The van der Waals surface area contributed by atoms with Gasteiger partial charge >= 0.3 is 0 Å². The van der Waals surface area contributed by atoms with E-state index >= 15 is 0 Å². The van der Waals surface area contributed by atoms with E-state index in [2.05, 4.69) is 60.5 Å². The monoisotopic (exact) mass is 609 g/mol. The molecule has 0 radical (unpaired) electrons. The lowest BCUT2D eigenvalue weighted by Gasteiger charge is -2.37. The number of hydrogen-bond donors (Lipinski definition) is 4. The maximum Gasteiger partial charge on any atom is 0.196 e. The lowest BCUT2D eigenvalue weighted by Crippen LogP contribution is -2.49. The number of hydrogen-bond acceptors (Lipinski definition) is 10. The second-order valence-corrected chi connectivity index (χ2v) is 13.4. The second kappa shape index (κ2) is 14.9. The van der Waals surface area contributed by atoms with Gasteiger partial charge in [-0.25, -0.2) is 4.99 Å². The van der Waals surface area contributed by atoms with Crippen molar-refractivity contribution in [3.05, 3.63) is 60.2 Å². The Morgan fingerprint density at radius 2 is 2.05 bits per heavy atom. The second-order valence-electron chi connectivity index (χ2n) is 13.4. The number of rotatable bonds is 12. The Morgan fingerprint density at radius 3 is 2.77 bits per heavy atom. The van der Waals surface area contributed by atoms with Crippen LogP contribution in [0.5, 0.6) is 5.75 Å². The highest BCUT2D eigenvalue weighted by Crippen LogP contribution is 2.33. The normalized spacial score (nSPS) is 26.2. The van der Waals surface area contributed by atoms with Crippen molar-refractivity contribution in [3.63, 3.8) is 0 Å². The fraction of sp³-hybridized carbons (Fsp3) is 0.618. The molecule has 4 aliphatic rings. The molecule has 3 aliphatic heterocycles. The van der Waals surface area contributed by atoms with Gasteiger partial charge in [-0.1, -0.05) is 33.4 Å². The van der Waals surface area contributed by atoms with E-state index in [4.69, 9.17) is 24.0 Å². The van der Waals surface area contributed by atoms with Crippen LogP contribution in [0, 0.1) is 17.3 Å². The summed E-state index contributed by atoms with van der Waals surface area (Å²) in [5.74, 6) is 3.77. The topological polar surface area (TPSA) is 109 Å². The summed E-state index contributed by atoms with van der Waals surface area (Å²) in [4.78, 5) is 12.8. The summed E-state index contributed by atoms with van der Waals surface area (Å²) in [6.45, 7) is 15.2. The van der Waals surface area contributed by atoms with Crippen LogP contribution < -0.4 is 20.9 Å². The van der Waals surface area contributed by atoms with E-state index in [-0.39, 0.29) is 29.5 Å². The van der Waals surface area contributed by atoms with Gasteiger partial charge in [0, 0.05) is 55.6 Å². The van der Waals surface area contributed by atoms with Crippen LogP contribution in [0.15, 0.2) is 65.2 Å². The zero-order valence-electron chi connectivity index (χ0n) is 26.8. The number of ether oxygens (including phenoxy) is 3. The molecule has 44 heavy (non-hydrogen) atoms. The first-order chi connectivity index (χ1) is 21.2. The van der Waals surface area contributed by atoms with Gasteiger partial charge < -0.3 is 34.4 Å². The molecule has 1 fully saturated rings. The van der Waals surface area contributed by atoms with Gasteiger partial charge in [0.1, 0.15) is 23.4 Å². The molecule has 5 rings (SSSR count). The van der Waals surface area contributed by atoms with Crippen LogP contribution >= 0.6 is 0 Å². The quantitative estimate of drug-likeness (QED) is 0.254. The molecule has 1 aromatic carbocycles. The van der Waals surface area contributed by atoms with E-state index in [0.717, 1.165) is 74.0 Å². The molecule has 10 nitrogen and oxygen atoms in total. The van der Waals surface area contributed by atoms with Crippen LogP contribution in [0.3, 0.4) is 0 Å². The molecular weight excluding hydrogens is 558 g/mol. The van der Waals surface area contributed by atoms with Crippen molar-refractivity contribution in [3.8, 4) is 5.75 Å². The van der Waals surface area contributed by atoms with Gasteiger partial charge in [0.25, 0.3) is 0 Å². The predicted molar refractivity (Wildman–Crippen MR) is 173 cm³/mol. The fourth-order valence-corrected chi connectivity index (χ4v) is 6.20. The average molecular weight is 610 g/mol. The maximum atomic E-state index is 9.37. The molecule has 1 saturated heterocycles. The maximum absolute atomic E-state index is 9.37. The van der Waals surface area contributed by atoms with Gasteiger partial charge in [0.05, 0.1) is 25.2 Å². The third-order valence-electron chi connectivity index (χ3n) is 8.83. The minimum absolute atomic E-state index is 0.0377. The molecule has 1 aliphatic carbocycles. The predicted octanol–water partition coefficient (Wildman–Crippen LogP) is 4.57. The standard InChI is InChI=1S/C34H51N5O5/c1-23(16-26-18-32(44-38-26)34(2,3)4)37-25-8-6-9-27(17-25)43-33-28-19-30(41-5)31(20-29(28)35-22-36-33)42-15-7-12-39-13-10-24(21-40)11-14-39/h6,8-9,17-18,20,24,26,28-30,35,37-38,40H,1,7,10-16,19,21-22H2,2-5H3/t26?,28-,29?,30+/m1/s1. The first kappa shape index (κ1) is 32.5. The Labute approximate surface area is 262 Å². The summed E-state index contributed by atoms with van der Waals surface area (Å²) in [5.41, 5.74) is 4.84. The highest BCUT2D eigenvalue weighted by Gasteiger charge is 2.38. The molecule has 1 aromatic rings. The van der Waals surface area contributed by atoms with Crippen molar-refractivity contribution in [1.29, 1.82) is 0 Å². The third kappa shape index (κ3) is 8.63. The molecule has 10 heteroatoms. The molecule has 0 spiro atoms. The number of aliphatic hydroxyl groups is 1. The third-order valence-corrected chi connectivity index (χ3v) is 8.83. The van der Waals surface area contributed by atoms with Crippen molar-refractivity contribution < 1.29 is 24.2 Å². The zero-order chi connectivity index (χ0) is 31.1. The number of allylic oxidation sites excluding steroid dienone is 1. The SMILES string of the molecule is C=C(CC1C=C(C(C)(C)C)ON1)Nc1cccc(OC2=NCNC3C=C(OCCCN4CCC(CO)CC4)[C@@H](OC)C[C@@H]23)c1. The van der Waals surface area contributed by atoms with Crippen molar-refractivity contribution in [1.82, 2.24) is 15.7 Å². The molecule has 4 N–H and O–H groups in total. The Balaban J connectivity index is 1.12. The van der Waals surface area contributed by atoms with Crippen LogP contribution in [0.2, 0.25) is 0 Å². The van der Waals surface area contributed by atoms with Crippen LogP contribution in [-0.2, 0) is 14.3 Å². The molecule has 0 aromatic heterocycles. The Bertz CT molecular complexity index is 1220. The average Bonchev–Trinajstić information content (AvgIpc) is 3.49. The summed E-state index contributed by atoms with van der Waals surface area (Å²) in [6, 6.07) is 8.04. The molecule has 0 amide bonds.